The van der Waals surface area contributed by atoms with E-state index in [9.17, 15) is 5.11 Å². The molecule has 3 nitrogen and oxygen atoms in total. The fourth-order valence-corrected chi connectivity index (χ4v) is 3.19. The van der Waals surface area contributed by atoms with Gasteiger partial charge in [0.2, 0.25) is 0 Å². The van der Waals surface area contributed by atoms with E-state index >= 15 is 0 Å². The van der Waals surface area contributed by atoms with Crippen molar-refractivity contribution in [2.75, 3.05) is 26.8 Å². The van der Waals surface area contributed by atoms with Crippen LogP contribution in [0.1, 0.15) is 44.9 Å². The molecule has 2 fully saturated rings. The average molecular weight is 241 g/mol. The molecule has 0 aromatic carbocycles. The number of nitrogens with zero attached hydrogens (tertiary/aromatic N) is 1. The molecule has 1 saturated heterocycles. The second-order valence-electron chi connectivity index (χ2n) is 5.74. The highest BCUT2D eigenvalue weighted by Crippen LogP contribution is 2.24. The summed E-state index contributed by atoms with van der Waals surface area (Å²) in [6.07, 6.45) is 8.26. The van der Waals surface area contributed by atoms with Crippen molar-refractivity contribution in [3.05, 3.63) is 0 Å². The smallest absolute Gasteiger partial charge is 0.0695 e. The summed E-state index contributed by atoms with van der Waals surface area (Å²) >= 11 is 0. The Morgan fingerprint density at radius 2 is 1.82 bits per heavy atom. The zero-order valence-corrected chi connectivity index (χ0v) is 11.1. The van der Waals surface area contributed by atoms with Crippen molar-refractivity contribution in [2.45, 2.75) is 57.1 Å². The zero-order chi connectivity index (χ0) is 12.1. The molecule has 0 bridgehead atoms. The van der Waals surface area contributed by atoms with Crippen molar-refractivity contribution >= 4 is 0 Å². The molecule has 1 aliphatic heterocycles. The van der Waals surface area contributed by atoms with Crippen LogP contribution >= 0.6 is 0 Å². The molecule has 1 aliphatic carbocycles. The van der Waals surface area contributed by atoms with Gasteiger partial charge in [-0.1, -0.05) is 12.8 Å². The second kappa shape index (κ2) is 6.72. The maximum atomic E-state index is 10.0. The van der Waals surface area contributed by atoms with Crippen molar-refractivity contribution in [1.29, 1.82) is 0 Å². The lowest BCUT2D eigenvalue weighted by molar-refractivity contribution is 0.0228. The Morgan fingerprint density at radius 1 is 1.12 bits per heavy atom. The Labute approximate surface area is 105 Å². The Balaban J connectivity index is 1.70. The highest BCUT2D eigenvalue weighted by Gasteiger charge is 2.26. The topological polar surface area (TPSA) is 32.7 Å². The van der Waals surface area contributed by atoms with Crippen LogP contribution in [0, 0.1) is 5.92 Å². The largest absolute Gasteiger partial charge is 0.391 e. The lowest BCUT2D eigenvalue weighted by Gasteiger charge is -2.36. The molecule has 1 heterocycles. The van der Waals surface area contributed by atoms with Crippen LogP contribution in [0.5, 0.6) is 0 Å². The molecule has 0 aromatic rings. The lowest BCUT2D eigenvalue weighted by Crippen LogP contribution is -2.44. The van der Waals surface area contributed by atoms with Crippen LogP contribution in [0.25, 0.3) is 0 Å². The third kappa shape index (κ3) is 3.94. The van der Waals surface area contributed by atoms with E-state index in [1.54, 1.807) is 0 Å². The number of aliphatic hydroxyl groups excluding tert-OH is 1. The zero-order valence-electron chi connectivity index (χ0n) is 11.1. The Bertz CT molecular complexity index is 216. The van der Waals surface area contributed by atoms with Gasteiger partial charge in [-0.05, 0) is 51.6 Å². The molecule has 2 atom stereocenters. The van der Waals surface area contributed by atoms with Gasteiger partial charge >= 0.3 is 0 Å². The molecular weight excluding hydrogens is 214 g/mol. The van der Waals surface area contributed by atoms with Crippen molar-refractivity contribution < 1.29 is 9.84 Å². The predicted octanol–water partition coefficient (Wildman–Crippen LogP) is 2.04. The first-order chi connectivity index (χ1) is 8.27. The van der Waals surface area contributed by atoms with Crippen LogP contribution in [0.4, 0.5) is 0 Å². The second-order valence-corrected chi connectivity index (χ2v) is 5.74. The third-order valence-electron chi connectivity index (χ3n) is 4.49. The van der Waals surface area contributed by atoms with Gasteiger partial charge in [-0.2, -0.15) is 0 Å². The molecule has 3 heteroatoms. The lowest BCUT2D eigenvalue weighted by atomic mass is 9.90. The first kappa shape index (κ1) is 13.3. The quantitative estimate of drug-likeness (QED) is 0.817. The summed E-state index contributed by atoms with van der Waals surface area (Å²) in [5.74, 6) is 0.840. The Morgan fingerprint density at radius 3 is 2.53 bits per heavy atom. The standard InChI is InChI=1S/C14H27NO2/c1-15(13-4-2-3-5-14(13)16)9-6-12-7-10-17-11-8-12/h12-14,16H,2-11H2,1H3/t13-,14-/m1/s1. The number of likely N-dealkylation sites (N-methyl/N-ethyl adjacent to an activating group) is 1. The van der Waals surface area contributed by atoms with Gasteiger partial charge in [0.1, 0.15) is 0 Å². The van der Waals surface area contributed by atoms with E-state index in [0.717, 1.165) is 32.1 Å². The summed E-state index contributed by atoms with van der Waals surface area (Å²) in [7, 11) is 2.18. The van der Waals surface area contributed by atoms with Crippen LogP contribution in [0.2, 0.25) is 0 Å². The minimum atomic E-state index is -0.0940. The van der Waals surface area contributed by atoms with Gasteiger partial charge in [0.25, 0.3) is 0 Å². The number of rotatable bonds is 4. The van der Waals surface area contributed by atoms with Crippen molar-refractivity contribution in [3.63, 3.8) is 0 Å². The van der Waals surface area contributed by atoms with E-state index in [0.29, 0.717) is 6.04 Å². The summed E-state index contributed by atoms with van der Waals surface area (Å²) < 4.78 is 5.39. The van der Waals surface area contributed by atoms with E-state index in [1.165, 1.54) is 38.5 Å². The molecule has 1 N–H and O–H groups in total. The summed E-state index contributed by atoms with van der Waals surface area (Å²) in [6, 6.07) is 0.406. The van der Waals surface area contributed by atoms with Crippen LogP contribution in [-0.2, 0) is 4.74 Å². The molecule has 0 spiro atoms. The van der Waals surface area contributed by atoms with Crippen LogP contribution in [0.15, 0.2) is 0 Å². The van der Waals surface area contributed by atoms with Gasteiger partial charge < -0.3 is 14.7 Å². The van der Waals surface area contributed by atoms with Gasteiger partial charge in [0.05, 0.1) is 6.10 Å². The van der Waals surface area contributed by atoms with Crippen LogP contribution in [0.3, 0.4) is 0 Å². The Hall–Kier alpha value is -0.120. The highest BCUT2D eigenvalue weighted by molar-refractivity contribution is 4.81. The maximum Gasteiger partial charge on any atom is 0.0695 e. The van der Waals surface area contributed by atoms with E-state index in [2.05, 4.69) is 11.9 Å². The molecule has 0 amide bonds. The van der Waals surface area contributed by atoms with Crippen LogP contribution in [-0.4, -0.2) is 49.0 Å². The highest BCUT2D eigenvalue weighted by atomic mass is 16.5. The molecule has 1 saturated carbocycles. The summed E-state index contributed by atoms with van der Waals surface area (Å²) in [4.78, 5) is 2.39. The van der Waals surface area contributed by atoms with E-state index < -0.39 is 0 Å². The molecule has 2 rings (SSSR count). The first-order valence-electron chi connectivity index (χ1n) is 7.23. The molecule has 0 radical (unpaired) electrons. The van der Waals surface area contributed by atoms with Crippen molar-refractivity contribution in [3.8, 4) is 0 Å². The van der Waals surface area contributed by atoms with E-state index in [1.807, 2.05) is 0 Å². The normalized spacial score (nSPS) is 31.9. The molecule has 17 heavy (non-hydrogen) atoms. The predicted molar refractivity (Wildman–Crippen MR) is 69.1 cm³/mol. The Kier molecular flexibility index (Phi) is 5.26. The number of aliphatic hydroxyl groups is 1. The summed E-state index contributed by atoms with van der Waals surface area (Å²) in [5.41, 5.74) is 0. The van der Waals surface area contributed by atoms with Gasteiger partial charge in [-0.3, -0.25) is 0 Å². The third-order valence-corrected chi connectivity index (χ3v) is 4.49. The van der Waals surface area contributed by atoms with Gasteiger partial charge in [0, 0.05) is 19.3 Å². The number of ether oxygens (including phenoxy) is 1. The average Bonchev–Trinajstić information content (AvgIpc) is 2.38. The van der Waals surface area contributed by atoms with Gasteiger partial charge in [0.15, 0.2) is 0 Å². The van der Waals surface area contributed by atoms with Crippen molar-refractivity contribution in [2.24, 2.45) is 5.92 Å². The minimum Gasteiger partial charge on any atom is -0.391 e. The first-order valence-corrected chi connectivity index (χ1v) is 7.23. The van der Waals surface area contributed by atoms with Gasteiger partial charge in [-0.25, -0.2) is 0 Å². The molecular formula is C14H27NO2. The monoisotopic (exact) mass is 241 g/mol. The summed E-state index contributed by atoms with van der Waals surface area (Å²) in [5, 5.41) is 10.0. The summed E-state index contributed by atoms with van der Waals surface area (Å²) in [6.45, 7) is 3.02. The van der Waals surface area contributed by atoms with Crippen LogP contribution < -0.4 is 0 Å². The molecule has 0 aromatic heterocycles. The van der Waals surface area contributed by atoms with Crippen molar-refractivity contribution in [1.82, 2.24) is 4.90 Å². The number of hydrogen-bond acceptors (Lipinski definition) is 3. The molecule has 100 valence electrons. The van der Waals surface area contributed by atoms with E-state index in [4.69, 9.17) is 4.74 Å². The molecule has 2 aliphatic rings. The fraction of sp³-hybridized carbons (Fsp3) is 1.00. The molecule has 0 unspecified atom stereocenters. The minimum absolute atomic E-state index is 0.0940. The van der Waals surface area contributed by atoms with E-state index in [-0.39, 0.29) is 6.10 Å². The SMILES string of the molecule is CN(CCC1CCOCC1)[C@@H]1CCCC[C@H]1O. The fourth-order valence-electron chi connectivity index (χ4n) is 3.19. The number of hydrogen-bond donors (Lipinski definition) is 1. The maximum absolute atomic E-state index is 10.0. The van der Waals surface area contributed by atoms with Gasteiger partial charge in [-0.15, -0.1) is 0 Å².